The second-order valence-corrected chi connectivity index (χ2v) is 6.28. The normalized spacial score (nSPS) is 14.9. The van der Waals surface area contributed by atoms with Crippen molar-refractivity contribution in [3.8, 4) is 11.5 Å². The maximum Gasteiger partial charge on any atom is 0.220 e. The number of phenolic OH excluding ortho intramolecular Hbond substituents is 1. The first-order chi connectivity index (χ1) is 11.7. The van der Waals surface area contributed by atoms with Gasteiger partial charge in [0.05, 0.1) is 13.2 Å². The van der Waals surface area contributed by atoms with Gasteiger partial charge in [0, 0.05) is 6.42 Å². The van der Waals surface area contributed by atoms with Crippen molar-refractivity contribution >= 4 is 5.91 Å². The molecule has 24 heavy (non-hydrogen) atoms. The Morgan fingerprint density at radius 2 is 1.92 bits per heavy atom. The molecule has 0 aliphatic heterocycles. The van der Waals surface area contributed by atoms with E-state index in [1.165, 1.54) is 0 Å². The van der Waals surface area contributed by atoms with Gasteiger partial charge in [0.15, 0.2) is 0 Å². The average Bonchev–Trinajstić information content (AvgIpc) is 3.44. The predicted octanol–water partition coefficient (Wildman–Crippen LogP) is 3.60. The van der Waals surface area contributed by atoms with E-state index in [-0.39, 0.29) is 17.7 Å². The molecule has 2 aromatic carbocycles. The number of phenols is 1. The summed E-state index contributed by atoms with van der Waals surface area (Å²) in [5.74, 6) is 1.61. The summed E-state index contributed by atoms with van der Waals surface area (Å²) < 4.78 is 5.19. The zero-order valence-electron chi connectivity index (χ0n) is 13.9. The third-order valence-corrected chi connectivity index (χ3v) is 4.50. The minimum absolute atomic E-state index is 0.0194. The van der Waals surface area contributed by atoms with Crippen LogP contribution in [0.4, 0.5) is 0 Å². The number of amides is 1. The van der Waals surface area contributed by atoms with Crippen LogP contribution in [0.3, 0.4) is 0 Å². The molecule has 1 aliphatic carbocycles. The molecule has 2 N–H and O–H groups in total. The highest BCUT2D eigenvalue weighted by Gasteiger charge is 2.33. The van der Waals surface area contributed by atoms with Crippen molar-refractivity contribution < 1.29 is 14.6 Å². The molecule has 1 aliphatic rings. The van der Waals surface area contributed by atoms with Gasteiger partial charge in [-0.2, -0.15) is 0 Å². The first-order valence-corrected chi connectivity index (χ1v) is 8.37. The average molecular weight is 325 g/mol. The van der Waals surface area contributed by atoms with E-state index in [0.29, 0.717) is 18.8 Å². The van der Waals surface area contributed by atoms with Gasteiger partial charge in [0.2, 0.25) is 5.91 Å². The molecule has 1 amide bonds. The highest BCUT2D eigenvalue weighted by molar-refractivity contribution is 5.77. The third kappa shape index (κ3) is 4.07. The Bertz CT molecular complexity index is 692. The molecule has 1 atom stereocenters. The van der Waals surface area contributed by atoms with Crippen LogP contribution in [-0.4, -0.2) is 18.1 Å². The summed E-state index contributed by atoms with van der Waals surface area (Å²) in [7, 11) is 1.65. The van der Waals surface area contributed by atoms with Crippen LogP contribution in [-0.2, 0) is 11.2 Å². The quantitative estimate of drug-likeness (QED) is 0.818. The molecule has 4 nitrogen and oxygen atoms in total. The topological polar surface area (TPSA) is 58.6 Å². The third-order valence-electron chi connectivity index (χ3n) is 4.50. The number of aromatic hydroxyl groups is 1. The highest BCUT2D eigenvalue weighted by Crippen LogP contribution is 2.41. The van der Waals surface area contributed by atoms with E-state index < -0.39 is 0 Å². The summed E-state index contributed by atoms with van der Waals surface area (Å²) in [6.07, 6.45) is 3.21. The van der Waals surface area contributed by atoms with Gasteiger partial charge in [-0.15, -0.1) is 0 Å². The summed E-state index contributed by atoms with van der Waals surface area (Å²) in [6.45, 7) is 0. The van der Waals surface area contributed by atoms with Crippen LogP contribution in [0.15, 0.2) is 48.5 Å². The number of hydrogen-bond donors (Lipinski definition) is 2. The Balaban J connectivity index is 1.61. The molecule has 0 radical (unpaired) electrons. The fraction of sp³-hybridized carbons (Fsp3) is 0.350. The van der Waals surface area contributed by atoms with Crippen molar-refractivity contribution in [2.75, 3.05) is 7.11 Å². The number of hydrogen-bond acceptors (Lipinski definition) is 3. The first kappa shape index (κ1) is 16.4. The summed E-state index contributed by atoms with van der Waals surface area (Å²) in [6, 6.07) is 15.1. The molecule has 0 saturated heterocycles. The lowest BCUT2D eigenvalue weighted by Gasteiger charge is -2.19. The SMILES string of the molecule is COc1ccc(C(NC(=O)CCc2ccccc2O)C2CC2)cc1. The molecule has 1 unspecified atom stereocenters. The van der Waals surface area contributed by atoms with Crippen LogP contribution in [0.25, 0.3) is 0 Å². The number of para-hydroxylation sites is 1. The molecule has 1 saturated carbocycles. The Hall–Kier alpha value is -2.49. The van der Waals surface area contributed by atoms with Gasteiger partial charge in [-0.3, -0.25) is 4.79 Å². The van der Waals surface area contributed by atoms with E-state index in [2.05, 4.69) is 5.32 Å². The van der Waals surface area contributed by atoms with Crippen LogP contribution in [0, 0.1) is 5.92 Å². The van der Waals surface area contributed by atoms with E-state index in [1.807, 2.05) is 36.4 Å². The standard InChI is InChI=1S/C20H23NO3/c1-24-17-11-8-16(9-12-17)20(15-6-7-15)21-19(23)13-10-14-4-2-3-5-18(14)22/h2-5,8-9,11-12,15,20,22H,6-7,10,13H2,1H3,(H,21,23). The fourth-order valence-corrected chi connectivity index (χ4v) is 2.93. The molecule has 0 aromatic heterocycles. The van der Waals surface area contributed by atoms with Crippen molar-refractivity contribution in [1.82, 2.24) is 5.32 Å². The molecule has 126 valence electrons. The Morgan fingerprint density at radius 3 is 2.54 bits per heavy atom. The number of ether oxygens (including phenoxy) is 1. The molecule has 1 fully saturated rings. The molecule has 4 heteroatoms. The number of nitrogens with one attached hydrogen (secondary N) is 1. The van der Waals surface area contributed by atoms with Crippen molar-refractivity contribution in [2.45, 2.75) is 31.7 Å². The van der Waals surface area contributed by atoms with Crippen molar-refractivity contribution in [1.29, 1.82) is 0 Å². The van der Waals surface area contributed by atoms with Crippen molar-refractivity contribution in [2.24, 2.45) is 5.92 Å². The minimum Gasteiger partial charge on any atom is -0.508 e. The summed E-state index contributed by atoms with van der Waals surface area (Å²) in [5, 5.41) is 12.9. The lowest BCUT2D eigenvalue weighted by atomic mass is 10.0. The number of carbonyl (C=O) groups excluding carboxylic acids is 1. The molecular weight excluding hydrogens is 302 g/mol. The molecule has 3 rings (SSSR count). The summed E-state index contributed by atoms with van der Waals surface area (Å²) >= 11 is 0. The van der Waals surface area contributed by atoms with Crippen molar-refractivity contribution in [3.63, 3.8) is 0 Å². The zero-order chi connectivity index (χ0) is 16.9. The van der Waals surface area contributed by atoms with Gasteiger partial charge < -0.3 is 15.2 Å². The van der Waals surface area contributed by atoms with Gasteiger partial charge in [-0.25, -0.2) is 0 Å². The van der Waals surface area contributed by atoms with E-state index in [1.54, 1.807) is 19.2 Å². The number of aryl methyl sites for hydroxylation is 1. The highest BCUT2D eigenvalue weighted by atomic mass is 16.5. The van der Waals surface area contributed by atoms with Gasteiger partial charge in [0.1, 0.15) is 11.5 Å². The lowest BCUT2D eigenvalue weighted by Crippen LogP contribution is -2.30. The monoisotopic (exact) mass is 325 g/mol. The maximum atomic E-state index is 12.3. The van der Waals surface area contributed by atoms with Crippen molar-refractivity contribution in [3.05, 3.63) is 59.7 Å². The molecule has 0 heterocycles. The van der Waals surface area contributed by atoms with E-state index in [9.17, 15) is 9.90 Å². The van der Waals surface area contributed by atoms with Gasteiger partial charge >= 0.3 is 0 Å². The smallest absolute Gasteiger partial charge is 0.220 e. The van der Waals surface area contributed by atoms with Crippen LogP contribution >= 0.6 is 0 Å². The van der Waals surface area contributed by atoms with Gasteiger partial charge in [-0.1, -0.05) is 30.3 Å². The van der Waals surface area contributed by atoms with E-state index >= 15 is 0 Å². The maximum absolute atomic E-state index is 12.3. The fourth-order valence-electron chi connectivity index (χ4n) is 2.93. The van der Waals surface area contributed by atoms with Gasteiger partial charge in [-0.05, 0) is 54.5 Å². The summed E-state index contributed by atoms with van der Waals surface area (Å²) in [5.41, 5.74) is 1.93. The van der Waals surface area contributed by atoms with E-state index in [4.69, 9.17) is 4.74 Å². The Morgan fingerprint density at radius 1 is 1.21 bits per heavy atom. The Labute approximate surface area is 142 Å². The van der Waals surface area contributed by atoms with Crippen LogP contribution in [0.1, 0.15) is 36.4 Å². The predicted molar refractivity (Wildman–Crippen MR) is 93.0 cm³/mol. The number of rotatable bonds is 7. The zero-order valence-corrected chi connectivity index (χ0v) is 13.9. The van der Waals surface area contributed by atoms with Crippen LogP contribution < -0.4 is 10.1 Å². The minimum atomic E-state index is 0.0194. The van der Waals surface area contributed by atoms with Crippen LogP contribution in [0.2, 0.25) is 0 Å². The molecule has 2 aromatic rings. The number of methoxy groups -OCH3 is 1. The largest absolute Gasteiger partial charge is 0.508 e. The second-order valence-electron chi connectivity index (χ2n) is 6.28. The van der Waals surface area contributed by atoms with E-state index in [0.717, 1.165) is 29.7 Å². The summed E-state index contributed by atoms with van der Waals surface area (Å²) in [4.78, 5) is 12.3. The second kappa shape index (κ2) is 7.39. The number of carbonyl (C=O) groups is 1. The Kier molecular flexibility index (Phi) is 5.04. The first-order valence-electron chi connectivity index (χ1n) is 8.37. The van der Waals surface area contributed by atoms with Crippen LogP contribution in [0.5, 0.6) is 11.5 Å². The van der Waals surface area contributed by atoms with Gasteiger partial charge in [0.25, 0.3) is 0 Å². The molecule has 0 bridgehead atoms. The lowest BCUT2D eigenvalue weighted by molar-refractivity contribution is -0.122. The number of benzene rings is 2. The molecule has 0 spiro atoms. The molecular formula is C20H23NO3.